The zero-order valence-electron chi connectivity index (χ0n) is 14.3. The van der Waals surface area contributed by atoms with Crippen LogP contribution in [0.3, 0.4) is 0 Å². The highest BCUT2D eigenvalue weighted by Crippen LogP contribution is 2.37. The van der Waals surface area contributed by atoms with Crippen LogP contribution in [0.15, 0.2) is 59.0 Å². The van der Waals surface area contributed by atoms with E-state index in [1.165, 1.54) is 23.1 Å². The summed E-state index contributed by atoms with van der Waals surface area (Å²) in [4.78, 5) is 25.8. The number of rotatable bonds is 3. The molecule has 2 aliphatic heterocycles. The van der Waals surface area contributed by atoms with Gasteiger partial charge in [0.25, 0.3) is 5.91 Å². The molecule has 2 N–H and O–H groups in total. The number of thioether (sulfide) groups is 1. The molecule has 8 heteroatoms. The van der Waals surface area contributed by atoms with E-state index >= 15 is 0 Å². The van der Waals surface area contributed by atoms with Gasteiger partial charge in [0, 0.05) is 5.56 Å². The van der Waals surface area contributed by atoms with Gasteiger partial charge in [0.05, 0.1) is 10.6 Å². The topological polar surface area (TPSA) is 87.1 Å². The Morgan fingerprint density at radius 3 is 2.82 bits per heavy atom. The summed E-state index contributed by atoms with van der Waals surface area (Å²) in [5.41, 5.74) is 1.76. The summed E-state index contributed by atoms with van der Waals surface area (Å²) in [6, 6.07) is 11.5. The largest absolute Gasteiger partial charge is 0.507 e. The van der Waals surface area contributed by atoms with Crippen LogP contribution in [0.2, 0.25) is 0 Å². The number of fused-ring (bicyclic) bond motifs is 1. The first-order valence-corrected chi connectivity index (χ1v) is 9.43. The molecule has 0 aromatic heterocycles. The van der Waals surface area contributed by atoms with Crippen molar-refractivity contribution in [1.82, 2.24) is 0 Å². The van der Waals surface area contributed by atoms with Crippen LogP contribution in [0.4, 0.5) is 5.69 Å². The molecule has 2 heterocycles. The van der Waals surface area contributed by atoms with Crippen molar-refractivity contribution in [2.45, 2.75) is 0 Å². The molecule has 0 saturated carbocycles. The second kappa shape index (κ2) is 7.14. The fourth-order valence-corrected chi connectivity index (χ4v) is 4.22. The first kappa shape index (κ1) is 18.3. The maximum absolute atomic E-state index is 12.9. The number of nitrogens with zero attached hydrogens (tertiary/aromatic N) is 1. The SMILES string of the molecule is O=C(O)c1cc(N2C(=O)C(=CC3=Cc4ccccc4OC3)SC2=S)ccc1O. The van der Waals surface area contributed by atoms with Gasteiger partial charge in [-0.15, -0.1) is 0 Å². The normalized spacial score (nSPS) is 17.4. The molecule has 1 saturated heterocycles. The molecular formula is C20H13NO5S2. The summed E-state index contributed by atoms with van der Waals surface area (Å²) in [7, 11) is 0. The minimum atomic E-state index is -1.29. The highest BCUT2D eigenvalue weighted by molar-refractivity contribution is 8.27. The van der Waals surface area contributed by atoms with E-state index in [9.17, 15) is 19.8 Å². The number of thiocarbonyl (C=S) groups is 1. The van der Waals surface area contributed by atoms with E-state index < -0.39 is 5.97 Å². The van der Waals surface area contributed by atoms with Gasteiger partial charge in [-0.2, -0.15) is 0 Å². The number of carbonyl (C=O) groups is 2. The van der Waals surface area contributed by atoms with E-state index in [1.807, 2.05) is 30.3 Å². The van der Waals surface area contributed by atoms with Crippen LogP contribution in [0.25, 0.3) is 6.08 Å². The number of carboxylic acids is 1. The highest BCUT2D eigenvalue weighted by atomic mass is 32.2. The van der Waals surface area contributed by atoms with Crippen LogP contribution in [0.1, 0.15) is 15.9 Å². The molecule has 0 radical (unpaired) electrons. The number of phenols is 1. The van der Waals surface area contributed by atoms with Crippen molar-refractivity contribution in [2.75, 3.05) is 11.5 Å². The Kier molecular flexibility index (Phi) is 4.66. The van der Waals surface area contributed by atoms with Gasteiger partial charge in [0.15, 0.2) is 4.32 Å². The predicted octanol–water partition coefficient (Wildman–Crippen LogP) is 3.82. The summed E-state index contributed by atoms with van der Waals surface area (Å²) in [6.45, 7) is 0.337. The molecule has 0 unspecified atom stereocenters. The number of anilines is 1. The fraction of sp³-hybridized carbons (Fsp3) is 0.0500. The number of para-hydroxylation sites is 1. The molecule has 0 bridgehead atoms. The number of ether oxygens (including phenoxy) is 1. The number of hydrogen-bond acceptors (Lipinski definition) is 6. The lowest BCUT2D eigenvalue weighted by Gasteiger charge is -2.16. The molecule has 28 heavy (non-hydrogen) atoms. The van der Waals surface area contributed by atoms with E-state index in [0.29, 0.717) is 17.2 Å². The zero-order valence-corrected chi connectivity index (χ0v) is 15.9. The Morgan fingerprint density at radius 2 is 2.04 bits per heavy atom. The Bertz CT molecular complexity index is 1090. The second-order valence-electron chi connectivity index (χ2n) is 6.07. The molecule has 2 aromatic carbocycles. The number of hydrogen-bond donors (Lipinski definition) is 2. The molecule has 2 aromatic rings. The molecule has 0 aliphatic carbocycles. The van der Waals surface area contributed by atoms with Crippen LogP contribution < -0.4 is 9.64 Å². The van der Waals surface area contributed by atoms with Crippen molar-refractivity contribution in [2.24, 2.45) is 0 Å². The maximum Gasteiger partial charge on any atom is 0.339 e. The molecule has 2 aliphatic rings. The van der Waals surface area contributed by atoms with Crippen LogP contribution >= 0.6 is 24.0 Å². The van der Waals surface area contributed by atoms with Crippen LogP contribution in [0, 0.1) is 0 Å². The zero-order chi connectivity index (χ0) is 19.8. The summed E-state index contributed by atoms with van der Waals surface area (Å²) in [6.07, 6.45) is 3.68. The minimum Gasteiger partial charge on any atom is -0.507 e. The first-order chi connectivity index (χ1) is 13.4. The van der Waals surface area contributed by atoms with Gasteiger partial charge in [-0.3, -0.25) is 9.69 Å². The second-order valence-corrected chi connectivity index (χ2v) is 7.75. The van der Waals surface area contributed by atoms with E-state index in [-0.39, 0.29) is 21.5 Å². The third-order valence-corrected chi connectivity index (χ3v) is 5.54. The van der Waals surface area contributed by atoms with Gasteiger partial charge in [0.1, 0.15) is 23.7 Å². The summed E-state index contributed by atoms with van der Waals surface area (Å²) < 4.78 is 5.99. The molecule has 6 nitrogen and oxygen atoms in total. The molecule has 1 fully saturated rings. The monoisotopic (exact) mass is 411 g/mol. The number of amides is 1. The van der Waals surface area contributed by atoms with Crippen molar-refractivity contribution in [3.63, 3.8) is 0 Å². The number of aromatic carboxylic acids is 1. The fourth-order valence-electron chi connectivity index (χ4n) is 2.91. The van der Waals surface area contributed by atoms with Gasteiger partial charge in [-0.25, -0.2) is 4.79 Å². The van der Waals surface area contributed by atoms with E-state index in [0.717, 1.165) is 28.6 Å². The van der Waals surface area contributed by atoms with Crippen molar-refractivity contribution in [3.8, 4) is 11.5 Å². The Balaban J connectivity index is 1.65. The summed E-state index contributed by atoms with van der Waals surface area (Å²) >= 11 is 6.45. The van der Waals surface area contributed by atoms with Crippen molar-refractivity contribution >= 4 is 51.9 Å². The van der Waals surface area contributed by atoms with Crippen molar-refractivity contribution in [1.29, 1.82) is 0 Å². The number of carbonyl (C=O) groups excluding carboxylic acids is 1. The molecule has 0 spiro atoms. The van der Waals surface area contributed by atoms with Crippen LogP contribution in [0.5, 0.6) is 11.5 Å². The molecule has 140 valence electrons. The van der Waals surface area contributed by atoms with E-state index in [4.69, 9.17) is 17.0 Å². The third kappa shape index (κ3) is 3.28. The van der Waals surface area contributed by atoms with Gasteiger partial charge >= 0.3 is 5.97 Å². The Labute approximate surface area is 169 Å². The lowest BCUT2D eigenvalue weighted by atomic mass is 10.1. The third-order valence-electron chi connectivity index (χ3n) is 4.23. The highest BCUT2D eigenvalue weighted by Gasteiger charge is 2.34. The van der Waals surface area contributed by atoms with Crippen LogP contribution in [-0.2, 0) is 4.79 Å². The van der Waals surface area contributed by atoms with Gasteiger partial charge in [0.2, 0.25) is 0 Å². The van der Waals surface area contributed by atoms with Crippen LogP contribution in [-0.4, -0.2) is 33.0 Å². The average Bonchev–Trinajstić information content (AvgIpc) is 2.95. The summed E-state index contributed by atoms with van der Waals surface area (Å²) in [5, 5.41) is 18.9. The first-order valence-electron chi connectivity index (χ1n) is 8.21. The lowest BCUT2D eigenvalue weighted by molar-refractivity contribution is -0.113. The minimum absolute atomic E-state index is 0.288. The number of carboxylic acid groups (broad SMARTS) is 1. The quantitative estimate of drug-likeness (QED) is 0.587. The Hall–Kier alpha value is -3.10. The summed E-state index contributed by atoms with van der Waals surface area (Å²) in [5.74, 6) is -1.22. The molecule has 1 amide bonds. The Morgan fingerprint density at radius 1 is 1.25 bits per heavy atom. The van der Waals surface area contributed by atoms with Gasteiger partial charge < -0.3 is 14.9 Å². The number of benzene rings is 2. The van der Waals surface area contributed by atoms with Gasteiger partial charge in [-0.05, 0) is 42.0 Å². The average molecular weight is 411 g/mol. The van der Waals surface area contributed by atoms with E-state index in [2.05, 4.69) is 0 Å². The van der Waals surface area contributed by atoms with Crippen molar-refractivity contribution < 1.29 is 24.5 Å². The predicted molar refractivity (Wildman–Crippen MR) is 111 cm³/mol. The van der Waals surface area contributed by atoms with Crippen molar-refractivity contribution in [3.05, 3.63) is 70.1 Å². The van der Waals surface area contributed by atoms with E-state index in [1.54, 1.807) is 6.08 Å². The smallest absolute Gasteiger partial charge is 0.339 e. The molecule has 0 atom stereocenters. The molecule has 4 rings (SSSR count). The number of aromatic hydroxyl groups is 1. The standard InChI is InChI=1S/C20H13NO5S2/c22-15-6-5-13(9-14(15)19(24)25)21-18(23)17(28-20(21)27)8-11-7-12-3-1-2-4-16(12)26-10-11/h1-9,22H,10H2,(H,24,25). The lowest BCUT2D eigenvalue weighted by Crippen LogP contribution is -2.27. The molecular weight excluding hydrogens is 398 g/mol. The van der Waals surface area contributed by atoms with Gasteiger partial charge in [-0.1, -0.05) is 42.2 Å². The maximum atomic E-state index is 12.9.